The van der Waals surface area contributed by atoms with Crippen LogP contribution in [0.25, 0.3) is 11.0 Å². The first-order chi connectivity index (χ1) is 14.8. The minimum atomic E-state index is -3.78. The highest BCUT2D eigenvalue weighted by Gasteiger charge is 2.48. The van der Waals surface area contributed by atoms with Crippen LogP contribution in [0.3, 0.4) is 0 Å². The predicted molar refractivity (Wildman–Crippen MR) is 113 cm³/mol. The van der Waals surface area contributed by atoms with Gasteiger partial charge in [-0.25, -0.2) is 22.9 Å². The van der Waals surface area contributed by atoms with Crippen molar-refractivity contribution in [3.8, 4) is 0 Å². The molecule has 2 unspecified atom stereocenters. The van der Waals surface area contributed by atoms with Gasteiger partial charge in [-0.05, 0) is 43.2 Å². The van der Waals surface area contributed by atoms with E-state index in [9.17, 15) is 13.5 Å². The molecule has 1 fully saturated rings. The monoisotopic (exact) mass is 446 g/mol. The molecule has 2 aromatic heterocycles. The second-order valence-corrected chi connectivity index (χ2v) is 9.73. The Kier molecular flexibility index (Phi) is 4.74. The minimum Gasteiger partial charge on any atom is -0.373 e. The molecule has 1 spiro atoms. The van der Waals surface area contributed by atoms with E-state index in [1.165, 1.54) is 12.1 Å². The van der Waals surface area contributed by atoms with Crippen LogP contribution >= 0.6 is 0 Å². The highest BCUT2D eigenvalue weighted by molar-refractivity contribution is 7.89. The lowest BCUT2D eigenvalue weighted by Crippen LogP contribution is -2.56. The first-order valence-electron chi connectivity index (χ1n) is 10.1. The largest absolute Gasteiger partial charge is 0.373 e. The molecule has 1 aliphatic carbocycles. The Morgan fingerprint density at radius 2 is 1.94 bits per heavy atom. The predicted octanol–water partition coefficient (Wildman–Crippen LogP) is 2.37. The molecule has 5 N–H and O–H groups in total. The summed E-state index contributed by atoms with van der Waals surface area (Å²) in [6.07, 6.45) is 3.31. The fourth-order valence-electron chi connectivity index (χ4n) is 4.73. The molecular formula is C20H23FN6O3S. The zero-order chi connectivity index (χ0) is 21.8. The number of nitrogens with two attached hydrogens (primary N) is 1. The lowest BCUT2D eigenvalue weighted by molar-refractivity contribution is -0.0355. The summed E-state index contributed by atoms with van der Waals surface area (Å²) in [7, 11) is -3.78. The number of anilines is 2. The smallest absolute Gasteiger partial charge is 0.238 e. The summed E-state index contributed by atoms with van der Waals surface area (Å²) in [5.41, 5.74) is 0.917. The number of hydrogen-bond donors (Lipinski definition) is 4. The number of sulfonamides is 1. The summed E-state index contributed by atoms with van der Waals surface area (Å²) in [6.45, 7) is 0. The second-order valence-electron chi connectivity index (χ2n) is 8.17. The van der Waals surface area contributed by atoms with Crippen LogP contribution < -0.4 is 15.8 Å². The van der Waals surface area contributed by atoms with E-state index in [1.54, 1.807) is 24.4 Å². The third-order valence-corrected chi connectivity index (χ3v) is 7.16. The van der Waals surface area contributed by atoms with Crippen LogP contribution in [0, 0.1) is 0 Å². The molecule has 0 radical (unpaired) electrons. The third-order valence-electron chi connectivity index (χ3n) is 6.23. The van der Waals surface area contributed by atoms with Crippen molar-refractivity contribution >= 4 is 32.7 Å². The summed E-state index contributed by atoms with van der Waals surface area (Å²) in [4.78, 5) is 8.95. The number of benzene rings is 1. The van der Waals surface area contributed by atoms with Gasteiger partial charge in [0.05, 0.1) is 16.1 Å². The number of hydrogen-bond acceptors (Lipinski definition) is 7. The van der Waals surface area contributed by atoms with Crippen molar-refractivity contribution in [3.05, 3.63) is 42.2 Å². The first-order valence-corrected chi connectivity index (χ1v) is 11.7. The molecule has 31 heavy (non-hydrogen) atoms. The van der Waals surface area contributed by atoms with Crippen LogP contribution in [0.5, 0.6) is 0 Å². The van der Waals surface area contributed by atoms with E-state index in [0.717, 1.165) is 19.3 Å². The van der Waals surface area contributed by atoms with Crippen LogP contribution in [0.2, 0.25) is 0 Å². The SMILES string of the molecule is NS(=O)(=O)c1ccc(Nc2ncc3cc4n(c3n2)C2(CCCCC2)C(F)NC4O)cc1. The number of halogens is 1. The zero-order valence-electron chi connectivity index (χ0n) is 16.6. The van der Waals surface area contributed by atoms with Gasteiger partial charge < -0.3 is 15.0 Å². The number of primary sulfonamides is 1. The molecule has 2 atom stereocenters. The van der Waals surface area contributed by atoms with Crippen LogP contribution in [-0.4, -0.2) is 34.4 Å². The Labute approximate surface area is 178 Å². The van der Waals surface area contributed by atoms with Gasteiger partial charge in [-0.1, -0.05) is 19.3 Å². The highest BCUT2D eigenvalue weighted by atomic mass is 32.2. The summed E-state index contributed by atoms with van der Waals surface area (Å²) in [5, 5.41) is 22.0. The minimum absolute atomic E-state index is 0.00444. The first kappa shape index (κ1) is 20.3. The van der Waals surface area contributed by atoms with Gasteiger partial charge in [-0.15, -0.1) is 0 Å². The van der Waals surface area contributed by atoms with Crippen molar-refractivity contribution in [2.75, 3.05) is 5.32 Å². The number of aliphatic hydroxyl groups is 1. The molecular weight excluding hydrogens is 423 g/mol. The number of aliphatic hydroxyl groups excluding tert-OH is 1. The summed E-state index contributed by atoms with van der Waals surface area (Å²) >= 11 is 0. The van der Waals surface area contributed by atoms with Gasteiger partial charge in [0.25, 0.3) is 0 Å². The van der Waals surface area contributed by atoms with E-state index in [1.807, 2.05) is 4.57 Å². The number of nitrogens with zero attached hydrogens (tertiary/aromatic N) is 3. The van der Waals surface area contributed by atoms with Crippen molar-refractivity contribution in [2.45, 2.75) is 55.1 Å². The average Bonchev–Trinajstić information content (AvgIpc) is 3.13. The van der Waals surface area contributed by atoms with Crippen LogP contribution in [-0.2, 0) is 15.6 Å². The average molecular weight is 447 g/mol. The van der Waals surface area contributed by atoms with E-state index in [2.05, 4.69) is 20.6 Å². The summed E-state index contributed by atoms with van der Waals surface area (Å²) in [5.74, 6) is 0.283. The van der Waals surface area contributed by atoms with Gasteiger partial charge in [0.15, 0.2) is 6.30 Å². The van der Waals surface area contributed by atoms with Gasteiger partial charge in [0.1, 0.15) is 11.9 Å². The van der Waals surface area contributed by atoms with Crippen LogP contribution in [0.4, 0.5) is 16.0 Å². The number of rotatable bonds is 3. The van der Waals surface area contributed by atoms with Crippen LogP contribution in [0.15, 0.2) is 41.4 Å². The fraction of sp³-hybridized carbons (Fsp3) is 0.400. The standard InChI is InChI=1S/C20H23FN6O3S/c21-18-20(8-2-1-3-9-20)27-15(17(28)26-18)10-12-11-23-19(25-16(12)27)24-13-4-6-14(7-5-13)31(22,29)30/h4-7,10-11,17-18,26,28H,1-3,8-9H2,(H2,22,29,30)(H,23,24,25). The van der Waals surface area contributed by atoms with Gasteiger partial charge in [0.2, 0.25) is 16.0 Å². The second kappa shape index (κ2) is 7.23. The summed E-state index contributed by atoms with van der Waals surface area (Å²) < 4.78 is 39.9. The maximum absolute atomic E-state index is 15.2. The molecule has 1 saturated carbocycles. The maximum atomic E-state index is 15.2. The number of fused-ring (bicyclic) bond motifs is 4. The molecule has 11 heteroatoms. The molecule has 3 aromatic rings. The van der Waals surface area contributed by atoms with Gasteiger partial charge in [0, 0.05) is 17.3 Å². The number of aromatic nitrogens is 3. The highest BCUT2D eigenvalue weighted by Crippen LogP contribution is 2.45. The Balaban J connectivity index is 1.56. The summed E-state index contributed by atoms with van der Waals surface area (Å²) in [6, 6.07) is 7.70. The van der Waals surface area contributed by atoms with E-state index in [0.29, 0.717) is 35.3 Å². The van der Waals surface area contributed by atoms with Crippen molar-refractivity contribution < 1.29 is 17.9 Å². The lowest BCUT2D eigenvalue weighted by atomic mass is 9.79. The number of nitrogens with one attached hydrogen (secondary N) is 2. The Hall–Kier alpha value is -2.60. The fourth-order valence-corrected chi connectivity index (χ4v) is 5.24. The van der Waals surface area contributed by atoms with E-state index in [4.69, 9.17) is 5.14 Å². The number of alkyl halides is 1. The van der Waals surface area contributed by atoms with Crippen molar-refractivity contribution in [2.24, 2.45) is 5.14 Å². The maximum Gasteiger partial charge on any atom is 0.238 e. The topological polar surface area (TPSA) is 135 Å². The normalized spacial score (nSPS) is 23.1. The zero-order valence-corrected chi connectivity index (χ0v) is 17.4. The third kappa shape index (κ3) is 3.37. The molecule has 5 rings (SSSR count). The van der Waals surface area contributed by atoms with Crippen molar-refractivity contribution in [3.63, 3.8) is 0 Å². The van der Waals surface area contributed by atoms with Gasteiger partial charge in [-0.3, -0.25) is 5.32 Å². The Bertz CT molecular complexity index is 1240. The molecule has 2 aliphatic rings. The Morgan fingerprint density at radius 3 is 2.61 bits per heavy atom. The lowest BCUT2D eigenvalue weighted by Gasteiger charge is -2.46. The molecule has 9 nitrogen and oxygen atoms in total. The molecule has 3 heterocycles. The van der Waals surface area contributed by atoms with Crippen LogP contribution in [0.1, 0.15) is 44.0 Å². The molecule has 0 saturated heterocycles. The molecule has 0 amide bonds. The van der Waals surface area contributed by atoms with Gasteiger partial charge in [-0.2, -0.15) is 4.98 Å². The van der Waals surface area contributed by atoms with Crippen molar-refractivity contribution in [1.82, 2.24) is 19.9 Å². The van der Waals surface area contributed by atoms with Gasteiger partial charge >= 0.3 is 0 Å². The van der Waals surface area contributed by atoms with E-state index in [-0.39, 0.29) is 10.8 Å². The molecule has 164 valence electrons. The quantitative estimate of drug-likeness (QED) is 0.454. The van der Waals surface area contributed by atoms with E-state index < -0.39 is 28.1 Å². The molecule has 1 aliphatic heterocycles. The van der Waals surface area contributed by atoms with E-state index >= 15 is 4.39 Å². The Morgan fingerprint density at radius 1 is 1.23 bits per heavy atom. The molecule has 0 bridgehead atoms. The molecule has 1 aromatic carbocycles. The van der Waals surface area contributed by atoms with Crippen molar-refractivity contribution in [1.29, 1.82) is 0 Å².